The van der Waals surface area contributed by atoms with Crippen molar-refractivity contribution in [1.82, 2.24) is 9.88 Å². The van der Waals surface area contributed by atoms with E-state index in [9.17, 15) is 4.79 Å². The Morgan fingerprint density at radius 3 is 2.73 bits per heavy atom. The molecule has 5 nitrogen and oxygen atoms in total. The molecular formula is C22H18ClN3O2S2. The molecule has 2 aromatic carbocycles. The lowest BCUT2D eigenvalue weighted by molar-refractivity contribution is -0.121. The fourth-order valence-corrected chi connectivity index (χ4v) is 4.64. The average Bonchev–Trinajstić information content (AvgIpc) is 3.27. The van der Waals surface area contributed by atoms with Gasteiger partial charge in [-0.2, -0.15) is 4.99 Å². The van der Waals surface area contributed by atoms with Crippen LogP contribution >= 0.6 is 34.7 Å². The van der Waals surface area contributed by atoms with Crippen molar-refractivity contribution in [2.45, 2.75) is 13.5 Å². The van der Waals surface area contributed by atoms with Crippen molar-refractivity contribution in [3.8, 4) is 5.75 Å². The fourth-order valence-electron chi connectivity index (χ4n) is 2.77. The molecule has 1 fully saturated rings. The number of aryl methyl sites for hydroxylation is 1. The van der Waals surface area contributed by atoms with Gasteiger partial charge in [0.1, 0.15) is 12.4 Å². The van der Waals surface area contributed by atoms with E-state index in [0.717, 1.165) is 16.8 Å². The van der Waals surface area contributed by atoms with Crippen molar-refractivity contribution in [2.75, 3.05) is 7.05 Å². The third kappa shape index (κ3) is 4.59. The fraction of sp³-hybridized carbons (Fsp3) is 0.136. The number of carbonyl (C=O) groups excluding carboxylic acids is 1. The summed E-state index contributed by atoms with van der Waals surface area (Å²) < 4.78 is 6.00. The molecule has 0 spiro atoms. The Kier molecular flexibility index (Phi) is 6.22. The minimum absolute atomic E-state index is 0.104. The van der Waals surface area contributed by atoms with Crippen molar-refractivity contribution in [1.29, 1.82) is 0 Å². The van der Waals surface area contributed by atoms with E-state index < -0.39 is 0 Å². The molecule has 1 aliphatic rings. The van der Waals surface area contributed by atoms with Crippen LogP contribution in [0.3, 0.4) is 0 Å². The topological polar surface area (TPSA) is 54.8 Å². The third-order valence-corrected chi connectivity index (χ3v) is 6.63. The van der Waals surface area contributed by atoms with Gasteiger partial charge in [-0.25, -0.2) is 4.98 Å². The Bertz CT molecular complexity index is 1160. The Hall–Kier alpha value is -2.61. The molecule has 1 aromatic heterocycles. The van der Waals surface area contributed by atoms with Gasteiger partial charge in [-0.05, 0) is 36.9 Å². The lowest BCUT2D eigenvalue weighted by atomic mass is 10.1. The first-order valence-electron chi connectivity index (χ1n) is 9.15. The molecule has 0 bridgehead atoms. The molecular weight excluding hydrogens is 438 g/mol. The molecule has 0 N–H and O–H groups in total. The van der Waals surface area contributed by atoms with Crippen molar-refractivity contribution < 1.29 is 9.53 Å². The molecule has 152 valence electrons. The number of aromatic nitrogens is 1. The Balaban J connectivity index is 1.57. The van der Waals surface area contributed by atoms with Crippen LogP contribution in [0.4, 0.5) is 5.13 Å². The minimum Gasteiger partial charge on any atom is -0.488 e. The zero-order valence-corrected chi connectivity index (χ0v) is 18.7. The number of hydrogen-bond acceptors (Lipinski definition) is 6. The van der Waals surface area contributed by atoms with Crippen LogP contribution in [0, 0.1) is 6.92 Å². The van der Waals surface area contributed by atoms with Crippen LogP contribution in [0.1, 0.15) is 16.8 Å². The van der Waals surface area contributed by atoms with Crippen molar-refractivity contribution >= 4 is 57.0 Å². The molecule has 1 saturated heterocycles. The number of benzene rings is 2. The number of thiazole rings is 1. The first-order valence-corrected chi connectivity index (χ1v) is 11.2. The largest absolute Gasteiger partial charge is 0.488 e. The molecule has 0 atom stereocenters. The number of amides is 1. The number of amidine groups is 1. The van der Waals surface area contributed by atoms with E-state index in [0.29, 0.717) is 32.6 Å². The highest BCUT2D eigenvalue weighted by Gasteiger charge is 2.31. The summed E-state index contributed by atoms with van der Waals surface area (Å²) in [5, 5.41) is 3.84. The second-order valence-corrected chi connectivity index (χ2v) is 8.81. The summed E-state index contributed by atoms with van der Waals surface area (Å²) in [4.78, 5) is 23.7. The summed E-state index contributed by atoms with van der Waals surface area (Å²) in [7, 11) is 1.72. The third-order valence-electron chi connectivity index (χ3n) is 4.35. The molecule has 8 heteroatoms. The van der Waals surface area contributed by atoms with E-state index in [1.54, 1.807) is 11.9 Å². The number of hydrogen-bond donors (Lipinski definition) is 0. The highest BCUT2D eigenvalue weighted by atomic mass is 35.5. The van der Waals surface area contributed by atoms with Crippen molar-refractivity contribution in [3.05, 3.63) is 80.7 Å². The quantitative estimate of drug-likeness (QED) is 0.448. The van der Waals surface area contributed by atoms with Crippen LogP contribution in [0.15, 0.2) is 63.8 Å². The Labute approximate surface area is 188 Å². The van der Waals surface area contributed by atoms with Crippen LogP contribution < -0.4 is 4.74 Å². The lowest BCUT2D eigenvalue weighted by Crippen LogP contribution is -2.23. The number of likely N-dealkylation sites (N-methyl/N-ethyl adjacent to an activating group) is 1. The van der Waals surface area contributed by atoms with Crippen LogP contribution in [0.25, 0.3) is 6.08 Å². The molecule has 1 amide bonds. The standard InChI is InChI=1S/C22H18ClN3O2S2/c1-14-13-29-21(24-14)25-22-26(2)20(27)19(30-22)11-15-7-4-6-10-18(15)28-12-16-8-3-5-9-17(16)23/h3-11,13H,12H2,1-2H3/b19-11-,25-22+. The van der Waals surface area contributed by atoms with Crippen molar-refractivity contribution in [2.24, 2.45) is 4.99 Å². The smallest absolute Gasteiger partial charge is 0.266 e. The number of para-hydroxylation sites is 1. The van der Waals surface area contributed by atoms with E-state index in [2.05, 4.69) is 9.98 Å². The molecule has 2 heterocycles. The summed E-state index contributed by atoms with van der Waals surface area (Å²) in [5.41, 5.74) is 2.64. The molecule has 30 heavy (non-hydrogen) atoms. The highest BCUT2D eigenvalue weighted by Crippen LogP contribution is 2.35. The molecule has 0 unspecified atom stereocenters. The second kappa shape index (κ2) is 9.04. The van der Waals surface area contributed by atoms with E-state index in [4.69, 9.17) is 16.3 Å². The van der Waals surface area contributed by atoms with E-state index in [1.165, 1.54) is 23.1 Å². The van der Waals surface area contributed by atoms with Gasteiger partial charge in [0.15, 0.2) is 5.17 Å². The van der Waals surface area contributed by atoms with Gasteiger partial charge < -0.3 is 4.74 Å². The van der Waals surface area contributed by atoms with Crippen molar-refractivity contribution in [3.63, 3.8) is 0 Å². The number of rotatable bonds is 5. The van der Waals surface area contributed by atoms with Gasteiger partial charge in [0, 0.05) is 28.6 Å². The SMILES string of the molecule is Cc1csc(/N=C2/S/C(=C\c3ccccc3OCc3ccccc3Cl)C(=O)N2C)n1. The first kappa shape index (κ1) is 20.7. The molecule has 1 aliphatic heterocycles. The summed E-state index contributed by atoms with van der Waals surface area (Å²) >= 11 is 9.01. The molecule has 4 rings (SSSR count). The average molecular weight is 456 g/mol. The maximum absolute atomic E-state index is 12.7. The summed E-state index contributed by atoms with van der Waals surface area (Å²) in [6, 6.07) is 15.2. The molecule has 3 aromatic rings. The van der Waals surface area contributed by atoms with E-state index in [1.807, 2.05) is 66.9 Å². The minimum atomic E-state index is -0.104. The van der Waals surface area contributed by atoms with Gasteiger partial charge in [-0.1, -0.05) is 48.0 Å². The van der Waals surface area contributed by atoms with Gasteiger partial charge in [-0.15, -0.1) is 11.3 Å². The normalized spacial score (nSPS) is 16.6. The van der Waals surface area contributed by atoms with Gasteiger partial charge in [0.05, 0.1) is 10.6 Å². The number of ether oxygens (including phenoxy) is 1. The number of nitrogens with zero attached hydrogens (tertiary/aromatic N) is 3. The maximum Gasteiger partial charge on any atom is 0.266 e. The lowest BCUT2D eigenvalue weighted by Gasteiger charge is -2.10. The number of thioether (sulfide) groups is 1. The number of aliphatic imine (C=N–C) groups is 1. The summed E-state index contributed by atoms with van der Waals surface area (Å²) in [6.45, 7) is 2.26. The van der Waals surface area contributed by atoms with E-state index in [-0.39, 0.29) is 5.91 Å². The van der Waals surface area contributed by atoms with Crippen LogP contribution in [-0.2, 0) is 11.4 Å². The van der Waals surface area contributed by atoms with Crippen LogP contribution in [0.5, 0.6) is 5.75 Å². The molecule has 0 aliphatic carbocycles. The van der Waals surface area contributed by atoms with E-state index >= 15 is 0 Å². The Morgan fingerprint density at radius 1 is 1.20 bits per heavy atom. The predicted octanol–water partition coefficient (Wildman–Crippen LogP) is 5.92. The van der Waals surface area contributed by atoms with Gasteiger partial charge in [0.25, 0.3) is 5.91 Å². The van der Waals surface area contributed by atoms with Crippen LogP contribution in [-0.4, -0.2) is 28.0 Å². The first-order chi connectivity index (χ1) is 14.5. The highest BCUT2D eigenvalue weighted by molar-refractivity contribution is 8.18. The second-order valence-electron chi connectivity index (χ2n) is 6.56. The zero-order valence-electron chi connectivity index (χ0n) is 16.3. The number of halogens is 1. The van der Waals surface area contributed by atoms with Gasteiger partial charge in [0.2, 0.25) is 5.13 Å². The van der Waals surface area contributed by atoms with Gasteiger partial charge >= 0.3 is 0 Å². The monoisotopic (exact) mass is 455 g/mol. The zero-order chi connectivity index (χ0) is 21.1. The Morgan fingerprint density at radius 2 is 1.97 bits per heavy atom. The summed E-state index contributed by atoms with van der Waals surface area (Å²) in [5.74, 6) is 0.579. The number of carbonyl (C=O) groups is 1. The maximum atomic E-state index is 12.7. The van der Waals surface area contributed by atoms with Crippen LogP contribution in [0.2, 0.25) is 5.02 Å². The summed E-state index contributed by atoms with van der Waals surface area (Å²) in [6.07, 6.45) is 1.83. The van der Waals surface area contributed by atoms with Gasteiger partial charge in [-0.3, -0.25) is 9.69 Å². The molecule has 0 saturated carbocycles. The predicted molar refractivity (Wildman–Crippen MR) is 125 cm³/mol. The molecule has 0 radical (unpaired) electrons.